The fourth-order valence-corrected chi connectivity index (χ4v) is 4.04. The molecule has 154 valence electrons. The molecular formula is C23H24N4O3. The van der Waals surface area contributed by atoms with Crippen molar-refractivity contribution in [2.45, 2.75) is 50.1 Å². The lowest BCUT2D eigenvalue weighted by molar-refractivity contribution is -0.127. The zero-order valence-electron chi connectivity index (χ0n) is 16.6. The number of amides is 1. The molecule has 1 atom stereocenters. The van der Waals surface area contributed by atoms with Crippen LogP contribution in [0, 0.1) is 11.3 Å². The molecule has 0 saturated heterocycles. The first kappa shape index (κ1) is 19.9. The molecule has 0 spiro atoms. The summed E-state index contributed by atoms with van der Waals surface area (Å²) < 4.78 is 5.03. The van der Waals surface area contributed by atoms with E-state index in [1.54, 1.807) is 6.07 Å². The molecule has 1 fully saturated rings. The second-order valence-electron chi connectivity index (χ2n) is 8.00. The predicted molar refractivity (Wildman–Crippen MR) is 114 cm³/mol. The summed E-state index contributed by atoms with van der Waals surface area (Å²) in [6, 6.07) is 14.8. The van der Waals surface area contributed by atoms with Crippen LogP contribution in [0.1, 0.15) is 37.7 Å². The standard InChI is InChI=1S/C23H24N4O3/c24-14-18(26-21(28)23(25)10-2-1-3-11-23)12-15-4-6-16(7-5-15)17-8-9-20-19(13-17)27-22(29)30-20/h4-9,13,18H,1-3,10-12,25H2,(H,26,28)(H,27,29). The highest BCUT2D eigenvalue weighted by Crippen LogP contribution is 2.26. The van der Waals surface area contributed by atoms with Crippen LogP contribution in [-0.4, -0.2) is 22.5 Å². The van der Waals surface area contributed by atoms with Crippen LogP contribution in [0.25, 0.3) is 22.2 Å². The first-order valence-corrected chi connectivity index (χ1v) is 10.2. The lowest BCUT2D eigenvalue weighted by Gasteiger charge is -2.32. The lowest BCUT2D eigenvalue weighted by atomic mass is 9.81. The van der Waals surface area contributed by atoms with Gasteiger partial charge in [0, 0.05) is 6.42 Å². The number of aromatic amines is 1. The van der Waals surface area contributed by atoms with Gasteiger partial charge in [-0.15, -0.1) is 0 Å². The van der Waals surface area contributed by atoms with Crippen molar-refractivity contribution in [3.63, 3.8) is 0 Å². The van der Waals surface area contributed by atoms with E-state index in [0.29, 0.717) is 30.4 Å². The van der Waals surface area contributed by atoms with Crippen molar-refractivity contribution in [1.29, 1.82) is 5.26 Å². The van der Waals surface area contributed by atoms with Gasteiger partial charge in [-0.05, 0) is 41.7 Å². The molecule has 1 unspecified atom stereocenters. The Kier molecular flexibility index (Phi) is 5.42. The smallest absolute Gasteiger partial charge is 0.408 e. The molecule has 1 amide bonds. The molecule has 1 heterocycles. The van der Waals surface area contributed by atoms with Gasteiger partial charge in [-0.1, -0.05) is 49.6 Å². The zero-order chi connectivity index (χ0) is 21.1. The number of oxazole rings is 1. The molecule has 0 radical (unpaired) electrons. The quantitative estimate of drug-likeness (QED) is 0.603. The third-order valence-electron chi connectivity index (χ3n) is 5.81. The molecule has 1 aliphatic carbocycles. The Morgan fingerprint density at radius 2 is 1.87 bits per heavy atom. The molecule has 1 aliphatic rings. The largest absolute Gasteiger partial charge is 0.417 e. The van der Waals surface area contributed by atoms with Crippen molar-refractivity contribution in [3.05, 3.63) is 58.6 Å². The molecule has 2 aromatic carbocycles. The second kappa shape index (κ2) is 8.17. The Morgan fingerprint density at radius 3 is 2.57 bits per heavy atom. The Balaban J connectivity index is 1.44. The molecule has 7 heteroatoms. The number of benzene rings is 2. The van der Waals surface area contributed by atoms with Crippen molar-refractivity contribution < 1.29 is 9.21 Å². The van der Waals surface area contributed by atoms with Crippen molar-refractivity contribution in [2.24, 2.45) is 5.73 Å². The van der Waals surface area contributed by atoms with Crippen LogP contribution in [0.3, 0.4) is 0 Å². The molecular weight excluding hydrogens is 380 g/mol. The Morgan fingerprint density at radius 1 is 1.17 bits per heavy atom. The Bertz CT molecular complexity index is 1150. The highest BCUT2D eigenvalue weighted by Gasteiger charge is 2.36. The van der Waals surface area contributed by atoms with E-state index in [0.717, 1.165) is 36.0 Å². The molecule has 4 N–H and O–H groups in total. The van der Waals surface area contributed by atoms with Crippen molar-refractivity contribution in [3.8, 4) is 17.2 Å². The molecule has 1 aromatic heterocycles. The minimum atomic E-state index is -0.857. The fourth-order valence-electron chi connectivity index (χ4n) is 4.04. The van der Waals surface area contributed by atoms with Gasteiger partial charge in [0.2, 0.25) is 5.91 Å². The summed E-state index contributed by atoms with van der Waals surface area (Å²) in [5.41, 5.74) is 9.44. The zero-order valence-corrected chi connectivity index (χ0v) is 16.6. The van der Waals surface area contributed by atoms with E-state index in [2.05, 4.69) is 16.4 Å². The van der Waals surface area contributed by atoms with E-state index >= 15 is 0 Å². The molecule has 0 aliphatic heterocycles. The van der Waals surface area contributed by atoms with Crippen LogP contribution in [-0.2, 0) is 11.2 Å². The number of hydrogen-bond donors (Lipinski definition) is 3. The minimum absolute atomic E-state index is 0.229. The van der Waals surface area contributed by atoms with Crippen LogP contribution in [0.5, 0.6) is 0 Å². The Hall–Kier alpha value is -3.37. The average molecular weight is 404 g/mol. The van der Waals surface area contributed by atoms with Crippen molar-refractivity contribution in [2.75, 3.05) is 0 Å². The summed E-state index contributed by atoms with van der Waals surface area (Å²) in [4.78, 5) is 26.6. The van der Waals surface area contributed by atoms with Gasteiger partial charge in [0.15, 0.2) is 5.58 Å². The first-order chi connectivity index (χ1) is 14.5. The maximum atomic E-state index is 12.6. The van der Waals surface area contributed by atoms with Crippen LogP contribution >= 0.6 is 0 Å². The summed E-state index contributed by atoms with van der Waals surface area (Å²) >= 11 is 0. The topological polar surface area (TPSA) is 125 Å². The number of nitriles is 1. The lowest BCUT2D eigenvalue weighted by Crippen LogP contribution is -2.57. The van der Waals surface area contributed by atoms with Gasteiger partial charge in [-0.2, -0.15) is 5.26 Å². The predicted octanol–water partition coefficient (Wildman–Crippen LogP) is 3.00. The maximum absolute atomic E-state index is 12.6. The first-order valence-electron chi connectivity index (χ1n) is 10.2. The van der Waals surface area contributed by atoms with E-state index in [1.165, 1.54) is 0 Å². The maximum Gasteiger partial charge on any atom is 0.417 e. The van der Waals surface area contributed by atoms with Crippen LogP contribution in [0.4, 0.5) is 0 Å². The molecule has 7 nitrogen and oxygen atoms in total. The molecule has 3 aromatic rings. The van der Waals surface area contributed by atoms with Gasteiger partial charge in [-0.3, -0.25) is 9.78 Å². The fraction of sp³-hybridized carbons (Fsp3) is 0.348. The third kappa shape index (κ3) is 4.14. The number of carbonyl (C=O) groups is 1. The molecule has 4 rings (SSSR count). The number of rotatable bonds is 5. The third-order valence-corrected chi connectivity index (χ3v) is 5.81. The van der Waals surface area contributed by atoms with Gasteiger partial charge in [0.1, 0.15) is 6.04 Å². The monoisotopic (exact) mass is 404 g/mol. The van der Waals surface area contributed by atoms with E-state index in [9.17, 15) is 14.9 Å². The summed E-state index contributed by atoms with van der Waals surface area (Å²) in [6.07, 6.45) is 4.73. The minimum Gasteiger partial charge on any atom is -0.408 e. The summed E-state index contributed by atoms with van der Waals surface area (Å²) in [5.74, 6) is -0.706. The SMILES string of the molecule is N#CC(Cc1ccc(-c2ccc3oc(=O)[nH]c3c2)cc1)NC(=O)C1(N)CCCCC1. The Labute approximate surface area is 173 Å². The van der Waals surface area contributed by atoms with E-state index in [-0.39, 0.29) is 5.91 Å². The highest BCUT2D eigenvalue weighted by atomic mass is 16.4. The van der Waals surface area contributed by atoms with E-state index in [4.69, 9.17) is 10.2 Å². The number of carbonyl (C=O) groups excluding carboxylic acids is 1. The number of nitrogens with zero attached hydrogens (tertiary/aromatic N) is 1. The second-order valence-corrected chi connectivity index (χ2v) is 8.00. The van der Waals surface area contributed by atoms with Crippen molar-refractivity contribution >= 4 is 17.0 Å². The highest BCUT2D eigenvalue weighted by molar-refractivity contribution is 5.86. The number of fused-ring (bicyclic) bond motifs is 1. The number of nitrogens with two attached hydrogens (primary N) is 1. The average Bonchev–Trinajstić information content (AvgIpc) is 3.13. The van der Waals surface area contributed by atoms with Gasteiger partial charge < -0.3 is 15.5 Å². The summed E-state index contributed by atoms with van der Waals surface area (Å²) in [6.45, 7) is 0. The van der Waals surface area contributed by atoms with Gasteiger partial charge in [0.25, 0.3) is 0 Å². The van der Waals surface area contributed by atoms with Crippen LogP contribution in [0.15, 0.2) is 51.7 Å². The molecule has 0 bridgehead atoms. The van der Waals surface area contributed by atoms with Gasteiger partial charge >= 0.3 is 5.76 Å². The van der Waals surface area contributed by atoms with E-state index in [1.807, 2.05) is 36.4 Å². The van der Waals surface area contributed by atoms with Crippen LogP contribution < -0.4 is 16.8 Å². The summed E-state index contributed by atoms with van der Waals surface area (Å²) in [7, 11) is 0. The molecule has 1 saturated carbocycles. The van der Waals surface area contributed by atoms with Crippen LogP contribution in [0.2, 0.25) is 0 Å². The number of nitrogens with one attached hydrogen (secondary N) is 2. The molecule has 30 heavy (non-hydrogen) atoms. The number of hydrogen-bond acceptors (Lipinski definition) is 5. The number of aromatic nitrogens is 1. The van der Waals surface area contributed by atoms with Crippen molar-refractivity contribution in [1.82, 2.24) is 10.3 Å². The normalized spacial score (nSPS) is 16.7. The van der Waals surface area contributed by atoms with Gasteiger partial charge in [0.05, 0.1) is 17.1 Å². The van der Waals surface area contributed by atoms with Gasteiger partial charge in [-0.25, -0.2) is 4.79 Å². The summed E-state index contributed by atoms with van der Waals surface area (Å²) in [5, 5.41) is 12.3. The van der Waals surface area contributed by atoms with E-state index < -0.39 is 17.3 Å². The number of H-pyrrole nitrogens is 1.